The van der Waals surface area contributed by atoms with E-state index < -0.39 is 0 Å². The molecular formula is C11H16N2O. The molecule has 3 nitrogen and oxygen atoms in total. The molecule has 0 saturated heterocycles. The lowest BCUT2D eigenvalue weighted by Crippen LogP contribution is -2.14. The summed E-state index contributed by atoms with van der Waals surface area (Å²) in [4.78, 5) is 11.4. The SMILES string of the molecule is CC(C)CC(=O)Nc1ccccc1N. The Labute approximate surface area is 84.3 Å². The van der Waals surface area contributed by atoms with E-state index in [-0.39, 0.29) is 5.91 Å². The van der Waals surface area contributed by atoms with Crippen LogP contribution in [0.15, 0.2) is 24.3 Å². The fourth-order valence-corrected chi connectivity index (χ4v) is 1.18. The van der Waals surface area contributed by atoms with E-state index in [0.717, 1.165) is 0 Å². The Morgan fingerprint density at radius 1 is 1.43 bits per heavy atom. The van der Waals surface area contributed by atoms with Crippen molar-refractivity contribution in [2.24, 2.45) is 5.92 Å². The molecule has 0 aliphatic rings. The molecule has 14 heavy (non-hydrogen) atoms. The molecule has 0 heterocycles. The fourth-order valence-electron chi connectivity index (χ4n) is 1.18. The number of carbonyl (C=O) groups excluding carboxylic acids is 1. The Kier molecular flexibility index (Phi) is 3.51. The van der Waals surface area contributed by atoms with Crippen LogP contribution in [-0.4, -0.2) is 5.91 Å². The molecule has 0 spiro atoms. The standard InChI is InChI=1S/C11H16N2O/c1-8(2)7-11(14)13-10-6-4-3-5-9(10)12/h3-6,8H,7,12H2,1-2H3,(H,13,14). The third-order valence-electron chi connectivity index (χ3n) is 1.83. The molecule has 0 unspecified atom stereocenters. The Morgan fingerprint density at radius 3 is 2.64 bits per heavy atom. The Hall–Kier alpha value is -1.51. The fraction of sp³-hybridized carbons (Fsp3) is 0.364. The Bertz CT molecular complexity index is 321. The lowest BCUT2D eigenvalue weighted by molar-refractivity contribution is -0.116. The maximum Gasteiger partial charge on any atom is 0.224 e. The van der Waals surface area contributed by atoms with Gasteiger partial charge in [-0.2, -0.15) is 0 Å². The van der Waals surface area contributed by atoms with Crippen molar-refractivity contribution in [3.05, 3.63) is 24.3 Å². The molecule has 0 fully saturated rings. The summed E-state index contributed by atoms with van der Waals surface area (Å²) in [7, 11) is 0. The van der Waals surface area contributed by atoms with Crippen molar-refractivity contribution < 1.29 is 4.79 Å². The minimum Gasteiger partial charge on any atom is -0.397 e. The smallest absolute Gasteiger partial charge is 0.224 e. The van der Waals surface area contributed by atoms with Crippen LogP contribution < -0.4 is 11.1 Å². The predicted molar refractivity (Wildman–Crippen MR) is 58.9 cm³/mol. The summed E-state index contributed by atoms with van der Waals surface area (Å²) in [6.07, 6.45) is 0.522. The third-order valence-corrected chi connectivity index (χ3v) is 1.83. The molecule has 76 valence electrons. The zero-order valence-corrected chi connectivity index (χ0v) is 8.58. The van der Waals surface area contributed by atoms with Crippen molar-refractivity contribution in [2.75, 3.05) is 11.1 Å². The van der Waals surface area contributed by atoms with Gasteiger partial charge in [0.05, 0.1) is 11.4 Å². The van der Waals surface area contributed by atoms with E-state index in [9.17, 15) is 4.79 Å². The van der Waals surface area contributed by atoms with Crippen LogP contribution in [-0.2, 0) is 4.79 Å². The van der Waals surface area contributed by atoms with Gasteiger partial charge >= 0.3 is 0 Å². The van der Waals surface area contributed by atoms with Crippen LogP contribution in [0.2, 0.25) is 0 Å². The number of para-hydroxylation sites is 2. The highest BCUT2D eigenvalue weighted by atomic mass is 16.1. The number of benzene rings is 1. The summed E-state index contributed by atoms with van der Waals surface area (Å²) in [5.74, 6) is 0.373. The van der Waals surface area contributed by atoms with Crippen LogP contribution >= 0.6 is 0 Å². The summed E-state index contributed by atoms with van der Waals surface area (Å²) < 4.78 is 0. The zero-order chi connectivity index (χ0) is 10.6. The van der Waals surface area contributed by atoms with Crippen LogP contribution in [0.1, 0.15) is 20.3 Å². The number of rotatable bonds is 3. The van der Waals surface area contributed by atoms with E-state index >= 15 is 0 Å². The van der Waals surface area contributed by atoms with Gasteiger partial charge in [-0.3, -0.25) is 4.79 Å². The Morgan fingerprint density at radius 2 is 2.07 bits per heavy atom. The highest BCUT2D eigenvalue weighted by Crippen LogP contribution is 2.17. The second-order valence-corrected chi connectivity index (χ2v) is 3.73. The van der Waals surface area contributed by atoms with Crippen LogP contribution in [0.4, 0.5) is 11.4 Å². The van der Waals surface area contributed by atoms with E-state index in [4.69, 9.17) is 5.73 Å². The van der Waals surface area contributed by atoms with Gasteiger partial charge in [0.25, 0.3) is 0 Å². The minimum absolute atomic E-state index is 0.0119. The van der Waals surface area contributed by atoms with Gasteiger partial charge in [0.1, 0.15) is 0 Å². The van der Waals surface area contributed by atoms with E-state index in [2.05, 4.69) is 5.32 Å². The van der Waals surface area contributed by atoms with E-state index in [1.54, 1.807) is 12.1 Å². The largest absolute Gasteiger partial charge is 0.397 e. The van der Waals surface area contributed by atoms with Crippen molar-refractivity contribution in [2.45, 2.75) is 20.3 Å². The first-order valence-corrected chi connectivity index (χ1v) is 4.74. The van der Waals surface area contributed by atoms with Gasteiger partial charge in [-0.25, -0.2) is 0 Å². The second kappa shape index (κ2) is 4.65. The highest BCUT2D eigenvalue weighted by molar-refractivity contribution is 5.93. The Balaban J connectivity index is 2.61. The summed E-state index contributed by atoms with van der Waals surface area (Å²) in [5, 5.41) is 2.78. The lowest BCUT2D eigenvalue weighted by atomic mass is 10.1. The molecule has 1 amide bonds. The highest BCUT2D eigenvalue weighted by Gasteiger charge is 2.06. The summed E-state index contributed by atoms with van der Waals surface area (Å²) in [6.45, 7) is 4.02. The molecular weight excluding hydrogens is 176 g/mol. The van der Waals surface area contributed by atoms with E-state index in [1.807, 2.05) is 26.0 Å². The molecule has 0 atom stereocenters. The summed E-state index contributed by atoms with van der Waals surface area (Å²) >= 11 is 0. The molecule has 0 saturated carbocycles. The van der Waals surface area contributed by atoms with Crippen LogP contribution in [0.5, 0.6) is 0 Å². The van der Waals surface area contributed by atoms with Gasteiger partial charge in [0.2, 0.25) is 5.91 Å². The van der Waals surface area contributed by atoms with Gasteiger partial charge < -0.3 is 11.1 Å². The van der Waals surface area contributed by atoms with Crippen molar-refractivity contribution >= 4 is 17.3 Å². The number of nitrogens with one attached hydrogen (secondary N) is 1. The molecule has 1 aromatic carbocycles. The predicted octanol–water partition coefficient (Wildman–Crippen LogP) is 2.25. The zero-order valence-electron chi connectivity index (χ0n) is 8.58. The van der Waals surface area contributed by atoms with E-state index in [0.29, 0.717) is 23.7 Å². The summed E-state index contributed by atoms with van der Waals surface area (Å²) in [5.41, 5.74) is 6.98. The number of hydrogen-bond donors (Lipinski definition) is 2. The van der Waals surface area contributed by atoms with Crippen LogP contribution in [0, 0.1) is 5.92 Å². The van der Waals surface area contributed by atoms with Crippen molar-refractivity contribution in [3.63, 3.8) is 0 Å². The maximum absolute atomic E-state index is 11.4. The number of carbonyl (C=O) groups is 1. The third kappa shape index (κ3) is 3.09. The van der Waals surface area contributed by atoms with Crippen LogP contribution in [0.3, 0.4) is 0 Å². The normalized spacial score (nSPS) is 10.2. The first kappa shape index (κ1) is 10.6. The minimum atomic E-state index is 0.0119. The molecule has 3 heteroatoms. The summed E-state index contributed by atoms with van der Waals surface area (Å²) in [6, 6.07) is 7.26. The molecule has 0 aromatic heterocycles. The first-order chi connectivity index (χ1) is 6.59. The molecule has 0 bridgehead atoms. The number of anilines is 2. The molecule has 0 aliphatic heterocycles. The molecule has 0 radical (unpaired) electrons. The average molecular weight is 192 g/mol. The van der Waals surface area contributed by atoms with Gasteiger partial charge in [-0.15, -0.1) is 0 Å². The van der Waals surface area contributed by atoms with Gasteiger partial charge in [0, 0.05) is 6.42 Å². The quantitative estimate of drug-likeness (QED) is 0.722. The van der Waals surface area contributed by atoms with Gasteiger partial charge in [-0.05, 0) is 18.1 Å². The average Bonchev–Trinajstić information content (AvgIpc) is 2.07. The molecule has 3 N–H and O–H groups in total. The first-order valence-electron chi connectivity index (χ1n) is 4.74. The molecule has 0 aliphatic carbocycles. The number of hydrogen-bond acceptors (Lipinski definition) is 2. The molecule has 1 aromatic rings. The number of nitrogen functional groups attached to an aromatic ring is 1. The molecule has 1 rings (SSSR count). The van der Waals surface area contributed by atoms with Gasteiger partial charge in [-0.1, -0.05) is 26.0 Å². The number of amides is 1. The second-order valence-electron chi connectivity index (χ2n) is 3.73. The van der Waals surface area contributed by atoms with E-state index in [1.165, 1.54) is 0 Å². The van der Waals surface area contributed by atoms with Crippen molar-refractivity contribution in [3.8, 4) is 0 Å². The maximum atomic E-state index is 11.4. The lowest BCUT2D eigenvalue weighted by Gasteiger charge is -2.08. The van der Waals surface area contributed by atoms with Crippen LogP contribution in [0.25, 0.3) is 0 Å². The van der Waals surface area contributed by atoms with Crippen molar-refractivity contribution in [1.82, 2.24) is 0 Å². The monoisotopic (exact) mass is 192 g/mol. The van der Waals surface area contributed by atoms with Crippen molar-refractivity contribution in [1.29, 1.82) is 0 Å². The number of nitrogens with two attached hydrogens (primary N) is 1. The van der Waals surface area contributed by atoms with Gasteiger partial charge in [0.15, 0.2) is 0 Å². The topological polar surface area (TPSA) is 55.1 Å².